The molecule has 0 saturated heterocycles. The van der Waals surface area contributed by atoms with E-state index in [0.717, 1.165) is 41.8 Å². The van der Waals surface area contributed by atoms with Gasteiger partial charge in [0, 0.05) is 18.6 Å². The Balaban J connectivity index is 2.62. The molecule has 0 spiro atoms. The van der Waals surface area contributed by atoms with Gasteiger partial charge in [0.05, 0.1) is 10.5 Å². The van der Waals surface area contributed by atoms with E-state index in [1.54, 1.807) is 12.1 Å². The zero-order valence-electron chi connectivity index (χ0n) is 13.2. The second kappa shape index (κ2) is 6.58. The maximum absolute atomic E-state index is 11.4. The van der Waals surface area contributed by atoms with Crippen molar-refractivity contribution in [2.45, 2.75) is 45.1 Å². The van der Waals surface area contributed by atoms with Crippen LogP contribution in [-0.2, 0) is 16.7 Å². The van der Waals surface area contributed by atoms with E-state index in [1.165, 1.54) is 6.07 Å². The summed E-state index contributed by atoms with van der Waals surface area (Å²) >= 11 is 0. The third-order valence-corrected chi connectivity index (χ3v) is 4.58. The maximum atomic E-state index is 11.4. The van der Waals surface area contributed by atoms with Gasteiger partial charge in [-0.2, -0.15) is 13.0 Å². The zero-order chi connectivity index (χ0) is 16.3. The molecule has 0 atom stereocenters. The number of nitrogens with zero attached hydrogens (tertiary/aromatic N) is 1. The van der Waals surface area contributed by atoms with Gasteiger partial charge >= 0.3 is 0 Å². The predicted octanol–water partition coefficient (Wildman–Crippen LogP) is 3.30. The van der Waals surface area contributed by atoms with E-state index < -0.39 is 10.1 Å². The number of benzene rings is 1. The van der Waals surface area contributed by atoms with Crippen LogP contribution in [0, 0.1) is 13.8 Å². The Morgan fingerprint density at radius 2 is 1.86 bits per heavy atom. The molecule has 1 aromatic carbocycles. The summed E-state index contributed by atoms with van der Waals surface area (Å²) < 4.78 is 34.2. The van der Waals surface area contributed by atoms with Crippen molar-refractivity contribution in [3.05, 3.63) is 47.7 Å². The van der Waals surface area contributed by atoms with Crippen LogP contribution in [0.4, 0.5) is 0 Å². The minimum Gasteiger partial charge on any atom is -0.282 e. The van der Waals surface area contributed by atoms with E-state index in [0.29, 0.717) is 0 Å². The molecule has 0 aliphatic rings. The number of hydrogen-bond acceptors (Lipinski definition) is 2. The maximum Gasteiger partial charge on any atom is 0.294 e. The summed E-state index contributed by atoms with van der Waals surface area (Å²) in [5.41, 5.74) is 3.88. The highest BCUT2D eigenvalue weighted by atomic mass is 32.2. The number of aryl methyl sites for hydroxylation is 3. The Morgan fingerprint density at radius 1 is 1.14 bits per heavy atom. The SMILES string of the molecule is CCCC[n+]1ccc(C)cc1-c1cc(S(=O)(=O)O)ccc1C. The minimum atomic E-state index is -4.20. The summed E-state index contributed by atoms with van der Waals surface area (Å²) in [6.07, 6.45) is 4.17. The van der Waals surface area contributed by atoms with E-state index in [-0.39, 0.29) is 4.90 Å². The van der Waals surface area contributed by atoms with Crippen molar-refractivity contribution in [2.75, 3.05) is 0 Å². The van der Waals surface area contributed by atoms with Gasteiger partial charge in [-0.15, -0.1) is 0 Å². The largest absolute Gasteiger partial charge is 0.294 e. The normalized spacial score (nSPS) is 11.6. The van der Waals surface area contributed by atoms with Crippen molar-refractivity contribution in [3.8, 4) is 11.3 Å². The first-order valence-corrected chi connectivity index (χ1v) is 8.85. The molecular formula is C17H22NO3S+. The Morgan fingerprint density at radius 3 is 2.50 bits per heavy atom. The molecule has 0 aliphatic heterocycles. The van der Waals surface area contributed by atoms with Crippen molar-refractivity contribution in [1.82, 2.24) is 0 Å². The number of hydrogen-bond donors (Lipinski definition) is 1. The van der Waals surface area contributed by atoms with Crippen LogP contribution >= 0.6 is 0 Å². The van der Waals surface area contributed by atoms with Gasteiger partial charge in [0.1, 0.15) is 6.54 Å². The number of aromatic nitrogens is 1. The monoisotopic (exact) mass is 320 g/mol. The van der Waals surface area contributed by atoms with Gasteiger partial charge in [0.15, 0.2) is 6.20 Å². The molecule has 0 bridgehead atoms. The summed E-state index contributed by atoms with van der Waals surface area (Å²) in [7, 11) is -4.20. The molecule has 5 heteroatoms. The first-order chi connectivity index (χ1) is 10.3. The van der Waals surface area contributed by atoms with Gasteiger partial charge in [0.25, 0.3) is 10.1 Å². The molecule has 1 N–H and O–H groups in total. The summed E-state index contributed by atoms with van der Waals surface area (Å²) in [6, 6.07) is 8.79. The lowest BCUT2D eigenvalue weighted by atomic mass is 10.0. The van der Waals surface area contributed by atoms with Crippen LogP contribution in [0.1, 0.15) is 30.9 Å². The standard InChI is InChI=1S/C17H21NO3S/c1-4-5-9-18-10-8-13(2)11-17(18)16-12-15(22(19,20)21)7-6-14(16)3/h6-8,10-12H,4-5,9H2,1-3H3/p+1. The molecule has 0 fully saturated rings. The van der Waals surface area contributed by atoms with Gasteiger partial charge in [-0.25, -0.2) is 0 Å². The smallest absolute Gasteiger partial charge is 0.282 e. The van der Waals surface area contributed by atoms with Gasteiger partial charge in [0.2, 0.25) is 5.69 Å². The van der Waals surface area contributed by atoms with Gasteiger partial charge < -0.3 is 0 Å². The lowest BCUT2D eigenvalue weighted by Crippen LogP contribution is -2.36. The fraction of sp³-hybridized carbons (Fsp3) is 0.353. The molecule has 0 aliphatic carbocycles. The first-order valence-electron chi connectivity index (χ1n) is 7.41. The average molecular weight is 320 g/mol. The van der Waals surface area contributed by atoms with Gasteiger partial charge in [-0.1, -0.05) is 19.4 Å². The Hall–Kier alpha value is -1.72. The van der Waals surface area contributed by atoms with Crippen LogP contribution in [-0.4, -0.2) is 13.0 Å². The highest BCUT2D eigenvalue weighted by Gasteiger charge is 2.18. The number of pyridine rings is 1. The van der Waals surface area contributed by atoms with Gasteiger partial charge in [-0.05, 0) is 37.1 Å². The molecule has 4 nitrogen and oxygen atoms in total. The van der Waals surface area contributed by atoms with Crippen LogP contribution in [0.15, 0.2) is 41.4 Å². The summed E-state index contributed by atoms with van der Waals surface area (Å²) in [4.78, 5) is -0.0725. The molecule has 0 unspecified atom stereocenters. The third-order valence-electron chi connectivity index (χ3n) is 3.73. The average Bonchev–Trinajstić information content (AvgIpc) is 2.45. The molecule has 1 aromatic heterocycles. The summed E-state index contributed by atoms with van der Waals surface area (Å²) in [5.74, 6) is 0. The molecule has 118 valence electrons. The highest BCUT2D eigenvalue weighted by molar-refractivity contribution is 7.85. The highest BCUT2D eigenvalue weighted by Crippen LogP contribution is 2.24. The lowest BCUT2D eigenvalue weighted by Gasteiger charge is -2.09. The van der Waals surface area contributed by atoms with Crippen LogP contribution in [0.3, 0.4) is 0 Å². The van der Waals surface area contributed by atoms with Gasteiger partial charge in [-0.3, -0.25) is 4.55 Å². The second-order valence-electron chi connectivity index (χ2n) is 5.59. The van der Waals surface area contributed by atoms with Crippen molar-refractivity contribution in [2.24, 2.45) is 0 Å². The fourth-order valence-electron chi connectivity index (χ4n) is 2.43. The van der Waals surface area contributed by atoms with Crippen LogP contribution < -0.4 is 4.57 Å². The van der Waals surface area contributed by atoms with E-state index in [2.05, 4.69) is 11.5 Å². The Labute approximate surface area is 132 Å². The van der Waals surface area contributed by atoms with Crippen LogP contribution in [0.2, 0.25) is 0 Å². The summed E-state index contributed by atoms with van der Waals surface area (Å²) in [6.45, 7) is 6.96. The topological polar surface area (TPSA) is 58.2 Å². The molecule has 0 radical (unpaired) electrons. The zero-order valence-corrected chi connectivity index (χ0v) is 14.0. The van der Waals surface area contributed by atoms with E-state index in [1.807, 2.05) is 32.2 Å². The second-order valence-corrected chi connectivity index (χ2v) is 7.01. The van der Waals surface area contributed by atoms with E-state index >= 15 is 0 Å². The van der Waals surface area contributed by atoms with Crippen molar-refractivity contribution >= 4 is 10.1 Å². The lowest BCUT2D eigenvalue weighted by molar-refractivity contribution is -0.686. The summed E-state index contributed by atoms with van der Waals surface area (Å²) in [5, 5.41) is 0. The first kappa shape index (κ1) is 16.6. The number of rotatable bonds is 5. The third kappa shape index (κ3) is 3.72. The van der Waals surface area contributed by atoms with Crippen LogP contribution in [0.5, 0.6) is 0 Å². The quantitative estimate of drug-likeness (QED) is 0.679. The molecule has 0 amide bonds. The molecular weight excluding hydrogens is 298 g/mol. The predicted molar refractivity (Wildman–Crippen MR) is 86.3 cm³/mol. The van der Waals surface area contributed by atoms with Crippen molar-refractivity contribution < 1.29 is 17.5 Å². The number of unbranched alkanes of at least 4 members (excludes halogenated alkanes) is 1. The van der Waals surface area contributed by atoms with Crippen molar-refractivity contribution in [3.63, 3.8) is 0 Å². The molecule has 2 rings (SSSR count). The Bertz CT molecular complexity index is 782. The molecule has 1 heterocycles. The van der Waals surface area contributed by atoms with Crippen molar-refractivity contribution in [1.29, 1.82) is 0 Å². The fourth-order valence-corrected chi connectivity index (χ4v) is 2.93. The molecule has 22 heavy (non-hydrogen) atoms. The molecule has 2 aromatic rings. The van der Waals surface area contributed by atoms with E-state index in [4.69, 9.17) is 0 Å². The minimum absolute atomic E-state index is 0.0725. The van der Waals surface area contributed by atoms with E-state index in [9.17, 15) is 13.0 Å². The Kier molecular flexibility index (Phi) is 4.98. The van der Waals surface area contributed by atoms with Crippen LogP contribution in [0.25, 0.3) is 11.3 Å². The molecule has 0 saturated carbocycles.